The van der Waals surface area contributed by atoms with Gasteiger partial charge >= 0.3 is 0 Å². The first-order valence-corrected chi connectivity index (χ1v) is 10.0. The lowest BCUT2D eigenvalue weighted by molar-refractivity contribution is -0.122. The molecule has 0 spiro atoms. The molecule has 0 bridgehead atoms. The Morgan fingerprint density at radius 1 is 1.44 bits per heavy atom. The highest BCUT2D eigenvalue weighted by molar-refractivity contribution is 8.01. The molecule has 7 heteroatoms. The molecule has 0 fully saturated rings. The minimum absolute atomic E-state index is 0.0117. The van der Waals surface area contributed by atoms with Crippen LogP contribution in [0.15, 0.2) is 46.6 Å². The summed E-state index contributed by atoms with van der Waals surface area (Å²) in [4.78, 5) is 13.8. The van der Waals surface area contributed by atoms with Crippen LogP contribution in [-0.2, 0) is 11.3 Å². The summed E-state index contributed by atoms with van der Waals surface area (Å²) in [5, 5.41) is 14.5. The van der Waals surface area contributed by atoms with Crippen molar-refractivity contribution in [3.63, 3.8) is 0 Å². The molecule has 0 unspecified atom stereocenters. The Balaban J connectivity index is 1.77. The highest BCUT2D eigenvalue weighted by Crippen LogP contribution is 2.34. The van der Waals surface area contributed by atoms with E-state index in [2.05, 4.69) is 33.1 Å². The number of amides is 1. The lowest BCUT2D eigenvalue weighted by atomic mass is 10.1. The fraction of sp³-hybridized carbons (Fsp3) is 0.389. The first kappa shape index (κ1) is 17.9. The Bertz CT molecular complexity index is 803. The van der Waals surface area contributed by atoms with E-state index in [4.69, 9.17) is 0 Å². The van der Waals surface area contributed by atoms with Crippen molar-refractivity contribution in [1.82, 2.24) is 20.1 Å². The average Bonchev–Trinajstić information content (AvgIpc) is 3.24. The van der Waals surface area contributed by atoms with Gasteiger partial charge in [0.1, 0.15) is 0 Å². The van der Waals surface area contributed by atoms with Crippen LogP contribution in [0.3, 0.4) is 0 Å². The molecule has 1 aliphatic carbocycles. The predicted octanol–water partition coefficient (Wildman–Crippen LogP) is 4.25. The van der Waals surface area contributed by atoms with Gasteiger partial charge < -0.3 is 9.88 Å². The van der Waals surface area contributed by atoms with Gasteiger partial charge in [0.25, 0.3) is 0 Å². The number of hydrogen-bond acceptors (Lipinski definition) is 5. The predicted molar refractivity (Wildman–Crippen MR) is 104 cm³/mol. The number of nitrogens with zero attached hydrogens (tertiary/aromatic N) is 3. The number of aromatic nitrogens is 3. The highest BCUT2D eigenvalue weighted by Gasteiger charge is 2.32. The van der Waals surface area contributed by atoms with Gasteiger partial charge in [-0.25, -0.2) is 0 Å². The molecule has 2 aromatic rings. The molecule has 0 atom stereocenters. The molecule has 2 heterocycles. The summed E-state index contributed by atoms with van der Waals surface area (Å²) in [7, 11) is 0. The molecule has 5 nitrogen and oxygen atoms in total. The molecule has 0 aliphatic heterocycles. The molecule has 1 aliphatic rings. The maximum atomic E-state index is 12.7. The Morgan fingerprint density at radius 2 is 2.28 bits per heavy atom. The third-order valence-electron chi connectivity index (χ3n) is 3.96. The van der Waals surface area contributed by atoms with Gasteiger partial charge in [-0.3, -0.25) is 4.79 Å². The highest BCUT2D eigenvalue weighted by atomic mass is 32.2. The van der Waals surface area contributed by atoms with E-state index in [0.29, 0.717) is 0 Å². The van der Waals surface area contributed by atoms with Crippen LogP contribution in [0.25, 0.3) is 10.7 Å². The van der Waals surface area contributed by atoms with Crippen molar-refractivity contribution in [1.29, 1.82) is 0 Å². The Labute approximate surface area is 156 Å². The van der Waals surface area contributed by atoms with Crippen LogP contribution in [-0.4, -0.2) is 25.4 Å². The van der Waals surface area contributed by atoms with Crippen molar-refractivity contribution < 1.29 is 4.79 Å². The SMILES string of the molecule is CCn1c(SC(C)(C)C(=O)NC2=CC=CCC2)nnc1-c1cccs1. The molecule has 3 rings (SSSR count). The Morgan fingerprint density at radius 3 is 2.92 bits per heavy atom. The van der Waals surface area contributed by atoms with Crippen molar-refractivity contribution >= 4 is 29.0 Å². The number of rotatable bonds is 6. The lowest BCUT2D eigenvalue weighted by Gasteiger charge is -2.24. The van der Waals surface area contributed by atoms with Gasteiger partial charge in [-0.05, 0) is 51.1 Å². The van der Waals surface area contributed by atoms with Crippen LogP contribution in [0.1, 0.15) is 33.6 Å². The minimum atomic E-state index is -0.644. The second-order valence-corrected chi connectivity index (χ2v) is 8.79. The van der Waals surface area contributed by atoms with E-state index in [1.165, 1.54) is 11.8 Å². The van der Waals surface area contributed by atoms with Gasteiger partial charge in [0.2, 0.25) is 5.91 Å². The summed E-state index contributed by atoms with van der Waals surface area (Å²) in [6, 6.07) is 4.04. The molecule has 0 radical (unpaired) electrons. The van der Waals surface area contributed by atoms with Crippen molar-refractivity contribution in [2.45, 2.75) is 50.1 Å². The van der Waals surface area contributed by atoms with E-state index >= 15 is 0 Å². The Kier molecular flexibility index (Phi) is 5.44. The van der Waals surface area contributed by atoms with Crippen molar-refractivity contribution in [2.75, 3.05) is 0 Å². The molecule has 0 saturated heterocycles. The number of allylic oxidation sites excluding steroid dienone is 4. The van der Waals surface area contributed by atoms with Crippen LogP contribution in [0.4, 0.5) is 0 Å². The zero-order valence-electron chi connectivity index (χ0n) is 14.7. The first-order valence-electron chi connectivity index (χ1n) is 8.34. The van der Waals surface area contributed by atoms with E-state index in [0.717, 1.165) is 40.9 Å². The first-order chi connectivity index (χ1) is 12.0. The summed E-state index contributed by atoms with van der Waals surface area (Å²) < 4.78 is 1.42. The number of nitrogens with one attached hydrogen (secondary N) is 1. The van der Waals surface area contributed by atoms with E-state index < -0.39 is 4.75 Å². The fourth-order valence-corrected chi connectivity index (χ4v) is 4.24. The number of thiophene rings is 1. The smallest absolute Gasteiger partial charge is 0.240 e. The van der Waals surface area contributed by atoms with Crippen LogP contribution in [0.2, 0.25) is 0 Å². The monoisotopic (exact) mass is 374 g/mol. The minimum Gasteiger partial charge on any atom is -0.329 e. The number of hydrogen-bond donors (Lipinski definition) is 1. The van der Waals surface area contributed by atoms with Gasteiger partial charge in [-0.15, -0.1) is 21.5 Å². The fourth-order valence-electron chi connectivity index (χ4n) is 2.51. The van der Waals surface area contributed by atoms with E-state index in [-0.39, 0.29) is 5.91 Å². The van der Waals surface area contributed by atoms with Crippen molar-refractivity contribution in [3.05, 3.63) is 41.4 Å². The Hall–Kier alpha value is -1.86. The molecule has 0 aromatic carbocycles. The zero-order valence-corrected chi connectivity index (χ0v) is 16.3. The lowest BCUT2D eigenvalue weighted by Crippen LogP contribution is -2.39. The molecule has 1 N–H and O–H groups in total. The zero-order chi connectivity index (χ0) is 17.9. The van der Waals surface area contributed by atoms with Gasteiger partial charge in [0, 0.05) is 12.2 Å². The summed E-state index contributed by atoms with van der Waals surface area (Å²) in [6.07, 6.45) is 7.89. The average molecular weight is 375 g/mol. The van der Waals surface area contributed by atoms with Crippen LogP contribution in [0.5, 0.6) is 0 Å². The molecular formula is C18H22N4OS2. The molecule has 0 saturated carbocycles. The molecule has 25 heavy (non-hydrogen) atoms. The number of carbonyl (C=O) groups excluding carboxylic acids is 1. The largest absolute Gasteiger partial charge is 0.329 e. The second kappa shape index (κ2) is 7.58. The van der Waals surface area contributed by atoms with Gasteiger partial charge in [-0.2, -0.15) is 0 Å². The topological polar surface area (TPSA) is 59.8 Å². The number of carbonyl (C=O) groups is 1. The van der Waals surface area contributed by atoms with Gasteiger partial charge in [0.15, 0.2) is 11.0 Å². The third-order valence-corrected chi connectivity index (χ3v) is 6.00. The molecule has 1 amide bonds. The van der Waals surface area contributed by atoms with E-state index in [1.54, 1.807) is 11.3 Å². The summed E-state index contributed by atoms with van der Waals surface area (Å²) in [5.41, 5.74) is 0.970. The maximum absolute atomic E-state index is 12.7. The normalized spacial score (nSPS) is 14.4. The molecule has 132 valence electrons. The maximum Gasteiger partial charge on any atom is 0.240 e. The third kappa shape index (κ3) is 4.04. The quantitative estimate of drug-likeness (QED) is 0.768. The van der Waals surface area contributed by atoms with Crippen LogP contribution < -0.4 is 5.32 Å². The summed E-state index contributed by atoms with van der Waals surface area (Å²) >= 11 is 3.09. The summed E-state index contributed by atoms with van der Waals surface area (Å²) in [5.74, 6) is 0.846. The van der Waals surface area contributed by atoms with Crippen molar-refractivity contribution in [3.8, 4) is 10.7 Å². The number of thioether (sulfide) groups is 1. The standard InChI is InChI=1S/C18H22N4OS2/c1-4-22-15(14-11-8-12-24-14)20-21-17(22)25-18(2,3)16(23)19-13-9-6-5-7-10-13/h5-6,8-9,11-12H,4,7,10H2,1-3H3,(H,19,23). The molecular weight excluding hydrogens is 352 g/mol. The van der Waals surface area contributed by atoms with E-state index in [1.807, 2.05) is 43.5 Å². The van der Waals surface area contributed by atoms with Crippen LogP contribution >= 0.6 is 23.1 Å². The van der Waals surface area contributed by atoms with E-state index in [9.17, 15) is 4.79 Å². The second-order valence-electron chi connectivity index (χ2n) is 6.25. The van der Waals surface area contributed by atoms with Crippen molar-refractivity contribution in [2.24, 2.45) is 0 Å². The van der Waals surface area contributed by atoms with Gasteiger partial charge in [-0.1, -0.05) is 30.0 Å². The summed E-state index contributed by atoms with van der Waals surface area (Å²) in [6.45, 7) is 6.67. The van der Waals surface area contributed by atoms with Gasteiger partial charge in [0.05, 0.1) is 9.62 Å². The molecule has 2 aromatic heterocycles. The van der Waals surface area contributed by atoms with Crippen LogP contribution in [0, 0.1) is 0 Å².